The lowest BCUT2D eigenvalue weighted by Crippen LogP contribution is -2.34. The highest BCUT2D eigenvalue weighted by atomic mass is 16.5. The molecule has 1 aliphatic heterocycles. The number of fused-ring (bicyclic) bond motifs is 2. The number of hydrogen-bond donors (Lipinski definition) is 3. The van der Waals surface area contributed by atoms with Gasteiger partial charge in [0.1, 0.15) is 5.75 Å². The zero-order valence-electron chi connectivity index (χ0n) is 13.1. The largest absolute Gasteiger partial charge is 0.508 e. The van der Waals surface area contributed by atoms with Crippen LogP contribution in [-0.2, 0) is 12.8 Å². The lowest BCUT2D eigenvalue weighted by Gasteiger charge is -2.36. The molecule has 1 atom stereocenters. The van der Waals surface area contributed by atoms with Crippen LogP contribution in [0.3, 0.4) is 0 Å². The molecule has 2 aliphatic rings. The van der Waals surface area contributed by atoms with Crippen LogP contribution in [0.15, 0.2) is 18.2 Å². The molecule has 0 radical (unpaired) electrons. The molecule has 0 unspecified atom stereocenters. The van der Waals surface area contributed by atoms with E-state index in [2.05, 4.69) is 5.32 Å². The van der Waals surface area contributed by atoms with Gasteiger partial charge in [-0.3, -0.25) is 0 Å². The number of ether oxygens (including phenoxy) is 2. The van der Waals surface area contributed by atoms with E-state index >= 15 is 0 Å². The molecular weight excluding hydrogens is 294 g/mol. The number of methoxy groups -OCH3 is 2. The third-order valence-corrected chi connectivity index (χ3v) is 4.83. The van der Waals surface area contributed by atoms with Crippen molar-refractivity contribution in [1.82, 2.24) is 5.32 Å². The SMILES string of the molecule is COc1c(O)c2c3c(c1OC)CCN[C@@H]3Cc1cc(O)ccc1-2. The van der Waals surface area contributed by atoms with Gasteiger partial charge >= 0.3 is 0 Å². The fraction of sp³-hybridized carbons (Fsp3) is 0.333. The normalized spacial score (nSPS) is 18.1. The summed E-state index contributed by atoms with van der Waals surface area (Å²) in [7, 11) is 3.14. The Hall–Kier alpha value is -2.40. The molecule has 1 aliphatic carbocycles. The highest BCUT2D eigenvalue weighted by Gasteiger charge is 2.36. The van der Waals surface area contributed by atoms with Crippen molar-refractivity contribution in [3.05, 3.63) is 34.9 Å². The van der Waals surface area contributed by atoms with Crippen molar-refractivity contribution in [1.29, 1.82) is 0 Å². The van der Waals surface area contributed by atoms with E-state index in [-0.39, 0.29) is 17.5 Å². The number of rotatable bonds is 2. The fourth-order valence-electron chi connectivity index (χ4n) is 3.93. The van der Waals surface area contributed by atoms with E-state index in [1.807, 2.05) is 6.07 Å². The lowest BCUT2D eigenvalue weighted by atomic mass is 9.77. The Morgan fingerprint density at radius 2 is 1.91 bits per heavy atom. The summed E-state index contributed by atoms with van der Waals surface area (Å²) in [6, 6.07) is 5.38. The number of benzene rings is 2. The second kappa shape index (κ2) is 5.06. The van der Waals surface area contributed by atoms with Crippen LogP contribution in [0.4, 0.5) is 0 Å². The predicted molar refractivity (Wildman–Crippen MR) is 86.5 cm³/mol. The monoisotopic (exact) mass is 313 g/mol. The van der Waals surface area contributed by atoms with Gasteiger partial charge in [-0.25, -0.2) is 0 Å². The minimum atomic E-state index is 0.100. The molecular formula is C18H19NO4. The first-order valence-electron chi connectivity index (χ1n) is 7.71. The Labute approximate surface area is 134 Å². The van der Waals surface area contributed by atoms with Gasteiger partial charge in [0.05, 0.1) is 14.2 Å². The standard InChI is InChI=1S/C18H19NO4/c1-22-17-12-5-6-19-13-8-9-7-10(20)3-4-11(9)15(14(12)13)16(21)18(17)23-2/h3-4,7,13,19-21H,5-6,8H2,1-2H3/t13-/m1/s1. The van der Waals surface area contributed by atoms with Gasteiger partial charge in [0.2, 0.25) is 5.75 Å². The fourth-order valence-corrected chi connectivity index (χ4v) is 3.93. The van der Waals surface area contributed by atoms with Gasteiger partial charge in [0, 0.05) is 17.2 Å². The molecule has 0 amide bonds. The van der Waals surface area contributed by atoms with Crippen LogP contribution >= 0.6 is 0 Å². The van der Waals surface area contributed by atoms with Gasteiger partial charge in [0.25, 0.3) is 0 Å². The maximum absolute atomic E-state index is 10.8. The Bertz CT molecular complexity index is 800. The van der Waals surface area contributed by atoms with Crippen molar-refractivity contribution < 1.29 is 19.7 Å². The molecule has 0 spiro atoms. The van der Waals surface area contributed by atoms with Crippen LogP contribution in [-0.4, -0.2) is 31.0 Å². The summed E-state index contributed by atoms with van der Waals surface area (Å²) in [5.74, 6) is 1.34. The first-order valence-corrected chi connectivity index (χ1v) is 7.71. The molecule has 0 saturated carbocycles. The summed E-state index contributed by atoms with van der Waals surface area (Å²) >= 11 is 0. The molecule has 2 aromatic rings. The minimum absolute atomic E-state index is 0.100. The van der Waals surface area contributed by atoms with E-state index in [9.17, 15) is 10.2 Å². The quantitative estimate of drug-likeness (QED) is 0.795. The van der Waals surface area contributed by atoms with E-state index in [4.69, 9.17) is 9.47 Å². The summed E-state index contributed by atoms with van der Waals surface area (Å²) in [6.07, 6.45) is 1.60. The first-order chi connectivity index (χ1) is 11.2. The number of phenols is 2. The molecule has 5 heteroatoms. The van der Waals surface area contributed by atoms with Crippen molar-refractivity contribution in [3.8, 4) is 34.1 Å². The smallest absolute Gasteiger partial charge is 0.204 e. The Balaban J connectivity index is 2.10. The Morgan fingerprint density at radius 3 is 2.65 bits per heavy atom. The number of aromatic hydroxyl groups is 2. The van der Waals surface area contributed by atoms with Crippen LogP contribution in [0.5, 0.6) is 23.0 Å². The molecule has 120 valence electrons. The third kappa shape index (κ3) is 1.90. The van der Waals surface area contributed by atoms with E-state index in [0.717, 1.165) is 47.2 Å². The maximum atomic E-state index is 10.8. The van der Waals surface area contributed by atoms with Gasteiger partial charge in [-0.1, -0.05) is 6.07 Å². The van der Waals surface area contributed by atoms with Crippen LogP contribution in [0.1, 0.15) is 22.7 Å². The lowest BCUT2D eigenvalue weighted by molar-refractivity contribution is 0.326. The minimum Gasteiger partial charge on any atom is -0.508 e. The van der Waals surface area contributed by atoms with Crippen molar-refractivity contribution in [3.63, 3.8) is 0 Å². The average Bonchev–Trinajstić information content (AvgIpc) is 2.56. The predicted octanol–water partition coefficient (Wildman–Crippen LogP) is 2.52. The molecule has 0 aromatic heterocycles. The highest BCUT2D eigenvalue weighted by molar-refractivity contribution is 5.85. The number of phenolic OH excluding ortho intramolecular Hbond substituents is 2. The zero-order valence-corrected chi connectivity index (χ0v) is 13.1. The van der Waals surface area contributed by atoms with Crippen molar-refractivity contribution in [2.45, 2.75) is 18.9 Å². The molecule has 5 nitrogen and oxygen atoms in total. The topological polar surface area (TPSA) is 71.0 Å². The Kier molecular flexibility index (Phi) is 3.13. The Morgan fingerprint density at radius 1 is 1.13 bits per heavy atom. The molecule has 0 fully saturated rings. The average molecular weight is 313 g/mol. The van der Waals surface area contributed by atoms with Crippen LogP contribution in [0.2, 0.25) is 0 Å². The molecule has 1 heterocycles. The van der Waals surface area contributed by atoms with Gasteiger partial charge < -0.3 is 25.0 Å². The first kappa shape index (κ1) is 14.2. The van der Waals surface area contributed by atoms with E-state index in [1.54, 1.807) is 19.2 Å². The van der Waals surface area contributed by atoms with Gasteiger partial charge in [0.15, 0.2) is 11.5 Å². The van der Waals surface area contributed by atoms with Crippen molar-refractivity contribution in [2.75, 3.05) is 20.8 Å². The summed E-state index contributed by atoms with van der Waals surface area (Å²) in [6.45, 7) is 0.843. The molecule has 3 N–H and O–H groups in total. The van der Waals surface area contributed by atoms with Crippen molar-refractivity contribution in [2.24, 2.45) is 0 Å². The van der Waals surface area contributed by atoms with Crippen molar-refractivity contribution >= 4 is 0 Å². The van der Waals surface area contributed by atoms with E-state index < -0.39 is 0 Å². The van der Waals surface area contributed by atoms with Crippen LogP contribution in [0, 0.1) is 0 Å². The zero-order chi connectivity index (χ0) is 16.1. The summed E-state index contributed by atoms with van der Waals surface area (Å²) in [4.78, 5) is 0. The second-order valence-electron chi connectivity index (χ2n) is 5.98. The summed E-state index contributed by atoms with van der Waals surface area (Å²) < 4.78 is 11.0. The van der Waals surface area contributed by atoms with Gasteiger partial charge in [-0.05, 0) is 48.2 Å². The number of hydrogen-bond acceptors (Lipinski definition) is 5. The summed E-state index contributed by atoms with van der Waals surface area (Å²) in [5, 5.41) is 24.1. The van der Waals surface area contributed by atoms with E-state index in [0.29, 0.717) is 11.5 Å². The van der Waals surface area contributed by atoms with Crippen LogP contribution in [0.25, 0.3) is 11.1 Å². The molecule has 2 aromatic carbocycles. The highest BCUT2D eigenvalue weighted by Crippen LogP contribution is 2.55. The van der Waals surface area contributed by atoms with Gasteiger partial charge in [-0.15, -0.1) is 0 Å². The van der Waals surface area contributed by atoms with Gasteiger partial charge in [-0.2, -0.15) is 0 Å². The van der Waals surface area contributed by atoms with E-state index in [1.165, 1.54) is 7.11 Å². The molecule has 0 bridgehead atoms. The number of nitrogens with one attached hydrogen (secondary N) is 1. The molecule has 4 rings (SSSR count). The van der Waals surface area contributed by atoms with Crippen LogP contribution < -0.4 is 14.8 Å². The summed E-state index contributed by atoms with van der Waals surface area (Å²) in [5.41, 5.74) is 4.93. The molecule has 0 saturated heterocycles. The third-order valence-electron chi connectivity index (χ3n) is 4.83. The molecule has 23 heavy (non-hydrogen) atoms. The second-order valence-corrected chi connectivity index (χ2v) is 5.98. The maximum Gasteiger partial charge on any atom is 0.204 e.